The molecule has 0 aromatic carbocycles. The zero-order valence-electron chi connectivity index (χ0n) is 5.35. The van der Waals surface area contributed by atoms with Crippen LogP contribution in [0.5, 0.6) is 0 Å². The van der Waals surface area contributed by atoms with Gasteiger partial charge in [0.15, 0.2) is 0 Å². The number of hydrogen-bond donors (Lipinski definition) is 1. The van der Waals surface area contributed by atoms with Crippen LogP contribution in [0.2, 0.25) is 0 Å². The molecular weight excluding hydrogens is 114 g/mol. The van der Waals surface area contributed by atoms with Crippen LogP contribution >= 0.6 is 0 Å². The van der Waals surface area contributed by atoms with Gasteiger partial charge >= 0.3 is 0 Å². The molecule has 48 valence electrons. The molecular formula is C7H9NO. The Kier molecular flexibility index (Phi) is 0.770. The van der Waals surface area contributed by atoms with Crippen molar-refractivity contribution in [3.05, 3.63) is 11.8 Å². The van der Waals surface area contributed by atoms with E-state index < -0.39 is 0 Å². The normalized spacial score (nSPS) is 42.8. The van der Waals surface area contributed by atoms with Crippen LogP contribution in [0.3, 0.4) is 0 Å². The van der Waals surface area contributed by atoms with Crippen molar-refractivity contribution in [2.75, 3.05) is 0 Å². The van der Waals surface area contributed by atoms with E-state index in [9.17, 15) is 4.79 Å². The molecule has 1 amide bonds. The van der Waals surface area contributed by atoms with Crippen molar-refractivity contribution >= 4 is 5.91 Å². The van der Waals surface area contributed by atoms with Gasteiger partial charge in [-0.15, -0.1) is 0 Å². The SMILES string of the molecule is CC=C1NC(=O)C2CC12. The van der Waals surface area contributed by atoms with Crippen molar-refractivity contribution in [2.45, 2.75) is 13.3 Å². The predicted molar refractivity (Wildman–Crippen MR) is 33.5 cm³/mol. The van der Waals surface area contributed by atoms with Gasteiger partial charge in [0, 0.05) is 17.5 Å². The number of rotatable bonds is 0. The molecule has 1 aliphatic heterocycles. The summed E-state index contributed by atoms with van der Waals surface area (Å²) in [4.78, 5) is 10.8. The first kappa shape index (κ1) is 5.03. The molecule has 1 saturated carbocycles. The number of carbonyl (C=O) groups excluding carboxylic acids is 1. The third-order valence-electron chi connectivity index (χ3n) is 2.11. The lowest BCUT2D eigenvalue weighted by molar-refractivity contribution is -0.120. The highest BCUT2D eigenvalue weighted by Crippen LogP contribution is 2.47. The molecule has 2 atom stereocenters. The van der Waals surface area contributed by atoms with E-state index >= 15 is 0 Å². The second-order valence-corrected chi connectivity index (χ2v) is 2.68. The van der Waals surface area contributed by atoms with E-state index in [2.05, 4.69) is 5.32 Å². The molecule has 2 rings (SSSR count). The lowest BCUT2D eigenvalue weighted by Crippen LogP contribution is -2.17. The lowest BCUT2D eigenvalue weighted by Gasteiger charge is -1.97. The minimum absolute atomic E-state index is 0.230. The van der Waals surface area contributed by atoms with Gasteiger partial charge < -0.3 is 5.32 Å². The van der Waals surface area contributed by atoms with Gasteiger partial charge in [0.2, 0.25) is 5.91 Å². The maximum Gasteiger partial charge on any atom is 0.227 e. The van der Waals surface area contributed by atoms with Crippen LogP contribution in [0.4, 0.5) is 0 Å². The fourth-order valence-electron chi connectivity index (χ4n) is 1.44. The van der Waals surface area contributed by atoms with Crippen LogP contribution < -0.4 is 5.32 Å². The molecule has 2 aliphatic rings. The van der Waals surface area contributed by atoms with Crippen LogP contribution in [0.1, 0.15) is 13.3 Å². The van der Waals surface area contributed by atoms with Crippen LogP contribution in [-0.2, 0) is 4.79 Å². The summed E-state index contributed by atoms with van der Waals surface area (Å²) in [5.41, 5.74) is 1.14. The van der Waals surface area contributed by atoms with Gasteiger partial charge in [-0.25, -0.2) is 0 Å². The second-order valence-electron chi connectivity index (χ2n) is 2.68. The van der Waals surface area contributed by atoms with Crippen molar-refractivity contribution in [3.8, 4) is 0 Å². The summed E-state index contributed by atoms with van der Waals surface area (Å²) in [5.74, 6) is 1.15. The van der Waals surface area contributed by atoms with E-state index in [1.807, 2.05) is 13.0 Å². The monoisotopic (exact) mass is 123 g/mol. The third-order valence-corrected chi connectivity index (χ3v) is 2.11. The Morgan fingerprint density at radius 2 is 2.44 bits per heavy atom. The largest absolute Gasteiger partial charge is 0.330 e. The summed E-state index contributed by atoms with van der Waals surface area (Å²) >= 11 is 0. The summed E-state index contributed by atoms with van der Waals surface area (Å²) in [5, 5.41) is 2.83. The average molecular weight is 123 g/mol. The Morgan fingerprint density at radius 3 is 2.67 bits per heavy atom. The molecule has 2 nitrogen and oxygen atoms in total. The molecule has 9 heavy (non-hydrogen) atoms. The number of hydrogen-bond acceptors (Lipinski definition) is 1. The van der Waals surface area contributed by atoms with Gasteiger partial charge in [0.05, 0.1) is 0 Å². The lowest BCUT2D eigenvalue weighted by atomic mass is 10.3. The minimum atomic E-state index is 0.230. The number of amides is 1. The number of allylic oxidation sites excluding steroid dienone is 2. The summed E-state index contributed by atoms with van der Waals surface area (Å²) in [6, 6.07) is 0. The molecule has 0 radical (unpaired) electrons. The quantitative estimate of drug-likeness (QED) is 0.503. The molecule has 0 aromatic heterocycles. The first-order chi connectivity index (χ1) is 4.33. The van der Waals surface area contributed by atoms with Crippen molar-refractivity contribution in [1.82, 2.24) is 5.32 Å². The number of fused-ring (bicyclic) bond motifs is 1. The van der Waals surface area contributed by atoms with Crippen LogP contribution in [0.15, 0.2) is 11.8 Å². The maximum absolute atomic E-state index is 10.8. The van der Waals surface area contributed by atoms with Crippen molar-refractivity contribution in [2.24, 2.45) is 11.8 Å². The fourth-order valence-corrected chi connectivity index (χ4v) is 1.44. The molecule has 2 fully saturated rings. The predicted octanol–water partition coefficient (Wildman–Crippen LogP) is 0.656. The Bertz CT molecular complexity index is 195. The molecule has 1 heterocycles. The van der Waals surface area contributed by atoms with Crippen LogP contribution in [0, 0.1) is 11.8 Å². The molecule has 2 unspecified atom stereocenters. The smallest absolute Gasteiger partial charge is 0.227 e. The highest BCUT2D eigenvalue weighted by Gasteiger charge is 2.50. The van der Waals surface area contributed by atoms with Gasteiger partial charge in [-0.3, -0.25) is 4.79 Å². The Hall–Kier alpha value is -0.790. The molecule has 1 aliphatic carbocycles. The Balaban J connectivity index is 2.26. The van der Waals surface area contributed by atoms with Gasteiger partial charge in [-0.05, 0) is 13.3 Å². The minimum Gasteiger partial charge on any atom is -0.330 e. The van der Waals surface area contributed by atoms with Gasteiger partial charge in [-0.1, -0.05) is 6.08 Å². The molecule has 1 N–H and O–H groups in total. The number of nitrogens with one attached hydrogen (secondary N) is 1. The van der Waals surface area contributed by atoms with E-state index in [4.69, 9.17) is 0 Å². The fraction of sp³-hybridized carbons (Fsp3) is 0.571. The topological polar surface area (TPSA) is 29.1 Å². The van der Waals surface area contributed by atoms with Crippen molar-refractivity contribution in [1.29, 1.82) is 0 Å². The molecule has 0 spiro atoms. The van der Waals surface area contributed by atoms with Crippen molar-refractivity contribution < 1.29 is 4.79 Å². The summed E-state index contributed by atoms with van der Waals surface area (Å²) in [7, 11) is 0. The van der Waals surface area contributed by atoms with Gasteiger partial charge in [0.25, 0.3) is 0 Å². The Morgan fingerprint density at radius 1 is 1.67 bits per heavy atom. The van der Waals surface area contributed by atoms with Crippen LogP contribution in [-0.4, -0.2) is 5.91 Å². The molecule has 0 aromatic rings. The van der Waals surface area contributed by atoms with Crippen LogP contribution in [0.25, 0.3) is 0 Å². The van der Waals surface area contributed by atoms with Gasteiger partial charge in [-0.2, -0.15) is 0 Å². The summed E-state index contributed by atoms with van der Waals surface area (Å²) < 4.78 is 0. The zero-order chi connectivity index (χ0) is 6.43. The zero-order valence-corrected chi connectivity index (χ0v) is 5.35. The second kappa shape index (κ2) is 1.38. The average Bonchev–Trinajstić information content (AvgIpc) is 2.56. The maximum atomic E-state index is 10.8. The standard InChI is InChI=1S/C7H9NO/c1-2-6-4-3-5(4)7(9)8-6/h2,4-5H,3H2,1H3,(H,8,9). The third kappa shape index (κ3) is 0.530. The van der Waals surface area contributed by atoms with E-state index in [-0.39, 0.29) is 5.91 Å². The van der Waals surface area contributed by atoms with E-state index in [1.54, 1.807) is 0 Å². The molecule has 0 bridgehead atoms. The summed E-state index contributed by atoms with van der Waals surface area (Å²) in [6.45, 7) is 1.97. The highest BCUT2D eigenvalue weighted by atomic mass is 16.2. The molecule has 1 saturated heterocycles. The Labute approximate surface area is 53.9 Å². The first-order valence-electron chi connectivity index (χ1n) is 3.30. The van der Waals surface area contributed by atoms with Gasteiger partial charge in [0.1, 0.15) is 0 Å². The number of carbonyl (C=O) groups is 1. The first-order valence-corrected chi connectivity index (χ1v) is 3.30. The highest BCUT2D eigenvalue weighted by molar-refractivity contribution is 5.87. The molecule has 2 heteroatoms. The van der Waals surface area contributed by atoms with Crippen molar-refractivity contribution in [3.63, 3.8) is 0 Å². The summed E-state index contributed by atoms with van der Waals surface area (Å²) in [6.07, 6.45) is 3.08. The van der Waals surface area contributed by atoms with E-state index in [0.717, 1.165) is 12.1 Å². The number of piperidine rings is 1. The van der Waals surface area contributed by atoms with E-state index in [0.29, 0.717) is 11.8 Å². The van der Waals surface area contributed by atoms with E-state index in [1.165, 1.54) is 0 Å².